The minimum atomic E-state index is -0.530. The number of furan rings is 1. The van der Waals surface area contributed by atoms with Gasteiger partial charge < -0.3 is 9.15 Å². The van der Waals surface area contributed by atoms with Gasteiger partial charge >= 0.3 is 0 Å². The summed E-state index contributed by atoms with van der Waals surface area (Å²) in [5.74, 6) is 2.12. The lowest BCUT2D eigenvalue weighted by atomic mass is 9.66. The highest BCUT2D eigenvalue weighted by Crippen LogP contribution is 2.53. The van der Waals surface area contributed by atoms with Crippen molar-refractivity contribution in [2.45, 2.75) is 59.3 Å². The van der Waals surface area contributed by atoms with Gasteiger partial charge in [-0.05, 0) is 35.1 Å². The maximum absolute atomic E-state index is 13.3. The molecular formula is C27H27ClO4. The predicted molar refractivity (Wildman–Crippen MR) is 123 cm³/mol. The summed E-state index contributed by atoms with van der Waals surface area (Å²) in [5, 5.41) is 0.589. The normalized spacial score (nSPS) is 22.5. The molecule has 2 aromatic rings. The molecule has 4 nitrogen and oxygen atoms in total. The highest BCUT2D eigenvalue weighted by Gasteiger charge is 2.48. The van der Waals surface area contributed by atoms with Gasteiger partial charge in [0.15, 0.2) is 11.6 Å². The van der Waals surface area contributed by atoms with Gasteiger partial charge in [-0.25, -0.2) is 0 Å². The second-order valence-electron chi connectivity index (χ2n) is 10.8. The molecule has 32 heavy (non-hydrogen) atoms. The van der Waals surface area contributed by atoms with Crippen molar-refractivity contribution in [1.29, 1.82) is 0 Å². The molecule has 1 aliphatic heterocycles. The smallest absolute Gasteiger partial charge is 0.163 e. The van der Waals surface area contributed by atoms with Gasteiger partial charge in [0.2, 0.25) is 0 Å². The summed E-state index contributed by atoms with van der Waals surface area (Å²) in [6.45, 7) is 8.31. The molecule has 166 valence electrons. The lowest BCUT2D eigenvalue weighted by molar-refractivity contribution is -0.120. The topological polar surface area (TPSA) is 56.5 Å². The summed E-state index contributed by atoms with van der Waals surface area (Å²) in [7, 11) is 0. The largest absolute Gasteiger partial charge is 0.465 e. The number of benzene rings is 1. The van der Waals surface area contributed by atoms with Crippen LogP contribution in [-0.4, -0.2) is 11.6 Å². The number of Topliss-reactive ketones (excluding diaryl/α,β-unsaturated/α-hetero) is 2. The average molecular weight is 451 g/mol. The molecule has 0 spiro atoms. The second kappa shape index (κ2) is 7.21. The molecule has 0 amide bonds. The first-order valence-electron chi connectivity index (χ1n) is 11.1. The zero-order chi connectivity index (χ0) is 22.8. The molecule has 2 heterocycles. The van der Waals surface area contributed by atoms with E-state index < -0.39 is 5.92 Å². The molecule has 0 radical (unpaired) electrons. The SMILES string of the molecule is CC1(C)CC(=O)C2=C(C1)OC1=C(C(=O)CC(C)(C)C1)C2c1ccc(-c2ccccc2Cl)o1. The van der Waals surface area contributed by atoms with Crippen molar-refractivity contribution in [3.05, 3.63) is 69.8 Å². The van der Waals surface area contributed by atoms with Gasteiger partial charge in [0.1, 0.15) is 23.0 Å². The first kappa shape index (κ1) is 21.3. The molecule has 0 bridgehead atoms. The van der Waals surface area contributed by atoms with Gasteiger partial charge in [-0.1, -0.05) is 51.4 Å². The van der Waals surface area contributed by atoms with Crippen LogP contribution in [0.4, 0.5) is 0 Å². The van der Waals surface area contributed by atoms with E-state index in [1.165, 1.54) is 0 Å². The van der Waals surface area contributed by atoms with Crippen LogP contribution in [0.2, 0.25) is 5.02 Å². The molecule has 5 rings (SSSR count). The van der Waals surface area contributed by atoms with E-state index in [4.69, 9.17) is 20.8 Å². The van der Waals surface area contributed by atoms with Crippen molar-refractivity contribution in [1.82, 2.24) is 0 Å². The maximum atomic E-state index is 13.3. The molecule has 5 heteroatoms. The number of carbonyl (C=O) groups excluding carboxylic acids is 2. The summed E-state index contributed by atoms with van der Waals surface area (Å²) in [6.07, 6.45) is 2.17. The molecular weight excluding hydrogens is 424 g/mol. The van der Waals surface area contributed by atoms with Crippen LogP contribution in [0.25, 0.3) is 11.3 Å². The zero-order valence-corrected chi connectivity index (χ0v) is 19.6. The van der Waals surface area contributed by atoms with Crippen molar-refractivity contribution in [2.75, 3.05) is 0 Å². The summed E-state index contributed by atoms with van der Waals surface area (Å²) in [4.78, 5) is 26.7. The number of carbonyl (C=O) groups is 2. The fourth-order valence-corrected chi connectivity index (χ4v) is 5.50. The van der Waals surface area contributed by atoms with Crippen LogP contribution in [0, 0.1) is 10.8 Å². The Morgan fingerprint density at radius 3 is 1.94 bits per heavy atom. The van der Waals surface area contributed by atoms with Gasteiger partial charge in [-0.2, -0.15) is 0 Å². The predicted octanol–water partition coefficient (Wildman–Crippen LogP) is 7.00. The Hall–Kier alpha value is -2.59. The molecule has 2 aliphatic carbocycles. The van der Waals surface area contributed by atoms with Crippen molar-refractivity contribution in [2.24, 2.45) is 10.8 Å². The van der Waals surface area contributed by atoms with Gasteiger partial charge in [0, 0.05) is 42.4 Å². The molecule has 0 saturated carbocycles. The molecule has 1 aromatic heterocycles. The summed E-state index contributed by atoms with van der Waals surface area (Å²) in [6, 6.07) is 11.2. The minimum Gasteiger partial charge on any atom is -0.465 e. The van der Waals surface area contributed by atoms with Gasteiger partial charge in [-0.15, -0.1) is 0 Å². The van der Waals surface area contributed by atoms with Crippen molar-refractivity contribution < 1.29 is 18.7 Å². The molecule has 0 atom stereocenters. The Morgan fingerprint density at radius 1 is 0.812 bits per heavy atom. The standard InChI is InChI=1S/C27H27ClO4/c1-26(2)11-17(29)23-21(13-26)32-22-14-27(3,4)12-18(30)24(22)25(23)20-10-9-19(31-20)15-7-5-6-8-16(15)28/h5-10,25H,11-14H2,1-4H3. The van der Waals surface area contributed by atoms with Crippen LogP contribution in [-0.2, 0) is 14.3 Å². The quantitative estimate of drug-likeness (QED) is 0.494. The first-order chi connectivity index (χ1) is 15.0. The fourth-order valence-electron chi connectivity index (χ4n) is 5.27. The number of hydrogen-bond acceptors (Lipinski definition) is 4. The van der Waals surface area contributed by atoms with E-state index in [1.54, 1.807) is 0 Å². The summed E-state index contributed by atoms with van der Waals surface area (Å²) in [5.41, 5.74) is 1.58. The lowest BCUT2D eigenvalue weighted by Gasteiger charge is -2.42. The summed E-state index contributed by atoms with van der Waals surface area (Å²) < 4.78 is 12.6. The Bertz CT molecular complexity index is 1160. The van der Waals surface area contributed by atoms with E-state index >= 15 is 0 Å². The van der Waals surface area contributed by atoms with Gasteiger partial charge in [-0.3, -0.25) is 9.59 Å². The van der Waals surface area contributed by atoms with Crippen LogP contribution in [0.5, 0.6) is 0 Å². The van der Waals surface area contributed by atoms with Crippen LogP contribution in [0.1, 0.15) is 65.1 Å². The van der Waals surface area contributed by atoms with E-state index in [-0.39, 0.29) is 22.4 Å². The van der Waals surface area contributed by atoms with Crippen LogP contribution < -0.4 is 0 Å². The molecule has 0 unspecified atom stereocenters. The summed E-state index contributed by atoms with van der Waals surface area (Å²) >= 11 is 6.38. The highest BCUT2D eigenvalue weighted by molar-refractivity contribution is 6.33. The molecule has 0 fully saturated rings. The van der Waals surface area contributed by atoms with E-state index in [1.807, 2.05) is 36.4 Å². The third kappa shape index (κ3) is 3.55. The molecule has 0 N–H and O–H groups in total. The zero-order valence-electron chi connectivity index (χ0n) is 18.9. The number of rotatable bonds is 2. The Morgan fingerprint density at radius 2 is 1.38 bits per heavy atom. The monoisotopic (exact) mass is 450 g/mol. The number of halogens is 1. The number of allylic oxidation sites excluding steroid dienone is 4. The van der Waals surface area contributed by atoms with Crippen LogP contribution in [0.15, 0.2) is 63.5 Å². The third-order valence-electron chi connectivity index (χ3n) is 6.63. The van der Waals surface area contributed by atoms with E-state index in [9.17, 15) is 9.59 Å². The molecule has 3 aliphatic rings. The molecule has 1 aromatic carbocycles. The molecule has 0 saturated heterocycles. The highest BCUT2D eigenvalue weighted by atomic mass is 35.5. The Balaban J connectivity index is 1.67. The van der Waals surface area contributed by atoms with Crippen LogP contribution in [0.3, 0.4) is 0 Å². The van der Waals surface area contributed by atoms with E-state index in [0.717, 1.165) is 5.56 Å². The van der Waals surface area contributed by atoms with Crippen LogP contribution >= 0.6 is 11.6 Å². The number of ether oxygens (including phenoxy) is 1. The van der Waals surface area contributed by atoms with Crippen molar-refractivity contribution >= 4 is 23.2 Å². The van der Waals surface area contributed by atoms with E-state index in [0.29, 0.717) is 64.9 Å². The Kier molecular flexibility index (Phi) is 4.79. The van der Waals surface area contributed by atoms with Gasteiger partial charge in [0.05, 0.1) is 10.9 Å². The maximum Gasteiger partial charge on any atom is 0.163 e. The fraction of sp³-hybridized carbons (Fsp3) is 0.407. The van der Waals surface area contributed by atoms with Crippen molar-refractivity contribution in [3.8, 4) is 11.3 Å². The first-order valence-corrected chi connectivity index (χ1v) is 11.5. The average Bonchev–Trinajstić information content (AvgIpc) is 3.14. The Labute approximate surface area is 193 Å². The van der Waals surface area contributed by atoms with Crippen molar-refractivity contribution in [3.63, 3.8) is 0 Å². The number of hydrogen-bond donors (Lipinski definition) is 0. The third-order valence-corrected chi connectivity index (χ3v) is 6.96. The second-order valence-corrected chi connectivity index (χ2v) is 11.2. The minimum absolute atomic E-state index is 0.0288. The van der Waals surface area contributed by atoms with Gasteiger partial charge in [0.25, 0.3) is 0 Å². The van der Waals surface area contributed by atoms with E-state index in [2.05, 4.69) is 27.7 Å². The number of ketones is 2. The lowest BCUT2D eigenvalue weighted by Crippen LogP contribution is -2.37.